The van der Waals surface area contributed by atoms with Gasteiger partial charge in [-0.3, -0.25) is 0 Å². The van der Waals surface area contributed by atoms with Crippen LogP contribution in [0.1, 0.15) is 384 Å². The van der Waals surface area contributed by atoms with E-state index in [4.69, 9.17) is 4.74 Å². The zero-order chi connectivity index (χ0) is 54.6. The Labute approximate surface area is 469 Å². The van der Waals surface area contributed by atoms with Gasteiger partial charge in [0, 0.05) is 6.61 Å². The van der Waals surface area contributed by atoms with Crippen LogP contribution in [0.4, 0.5) is 0 Å². The predicted molar refractivity (Wildman–Crippen MR) is 337 cm³/mol. The third kappa shape index (κ3) is 53.4. The molecular formula is C72H142O2. The number of allylic oxidation sites excluding steroid dienone is 4. The Morgan fingerprint density at radius 1 is 0.378 bits per heavy atom. The Morgan fingerprint density at radius 2 is 0.703 bits per heavy atom. The molecule has 0 saturated heterocycles. The Bertz CT molecular complexity index is 1160. The molecular weight excluding hydrogens is 897 g/mol. The third-order valence-corrected chi connectivity index (χ3v) is 17.5. The minimum atomic E-state index is -0.766. The molecule has 0 aromatic heterocycles. The van der Waals surface area contributed by atoms with Crippen molar-refractivity contribution in [3.63, 3.8) is 0 Å². The molecule has 74 heavy (non-hydrogen) atoms. The van der Waals surface area contributed by atoms with Crippen LogP contribution in [0.5, 0.6) is 0 Å². The average Bonchev–Trinajstić information content (AvgIpc) is 3.34. The van der Waals surface area contributed by atoms with Gasteiger partial charge in [0.25, 0.3) is 0 Å². The van der Waals surface area contributed by atoms with Gasteiger partial charge in [-0.1, -0.05) is 330 Å². The van der Waals surface area contributed by atoms with Crippen molar-refractivity contribution < 1.29 is 9.84 Å². The Hall–Kier alpha value is -0.600. The van der Waals surface area contributed by atoms with Crippen LogP contribution in [0, 0.1) is 35.5 Å². The maximum Gasteiger partial charge on any atom is 0.0880 e. The molecule has 0 heterocycles. The second-order valence-corrected chi connectivity index (χ2v) is 26.9. The molecule has 0 rings (SSSR count). The Morgan fingerprint density at radius 3 is 1.08 bits per heavy atom. The van der Waals surface area contributed by atoms with Crippen molar-refractivity contribution >= 4 is 0 Å². The van der Waals surface area contributed by atoms with Gasteiger partial charge < -0.3 is 9.84 Å². The van der Waals surface area contributed by atoms with Gasteiger partial charge in [0.1, 0.15) is 0 Å². The molecule has 6 atom stereocenters. The van der Waals surface area contributed by atoms with Crippen LogP contribution in [0.2, 0.25) is 0 Å². The minimum absolute atomic E-state index is 0.0802. The van der Waals surface area contributed by atoms with Crippen LogP contribution in [0.15, 0.2) is 23.8 Å². The van der Waals surface area contributed by atoms with Crippen LogP contribution in [-0.4, -0.2) is 23.4 Å². The highest BCUT2D eigenvalue weighted by Gasteiger charge is 2.32. The van der Waals surface area contributed by atoms with Crippen molar-refractivity contribution in [2.75, 3.05) is 6.61 Å². The summed E-state index contributed by atoms with van der Waals surface area (Å²) >= 11 is 0. The summed E-state index contributed by atoms with van der Waals surface area (Å²) in [6, 6.07) is 0. The summed E-state index contributed by atoms with van der Waals surface area (Å²) in [4.78, 5) is 0. The molecule has 0 radical (unpaired) electrons. The first-order valence-corrected chi connectivity index (χ1v) is 34.4. The number of aliphatic hydroxyl groups is 1. The highest BCUT2D eigenvalue weighted by atomic mass is 16.5. The highest BCUT2D eigenvalue weighted by molar-refractivity contribution is 4.99. The van der Waals surface area contributed by atoms with Gasteiger partial charge in [0.15, 0.2) is 0 Å². The van der Waals surface area contributed by atoms with E-state index in [1.54, 1.807) is 0 Å². The van der Waals surface area contributed by atoms with Gasteiger partial charge in [0.2, 0.25) is 0 Å². The van der Waals surface area contributed by atoms with Gasteiger partial charge >= 0.3 is 0 Å². The zero-order valence-corrected chi connectivity index (χ0v) is 53.3. The van der Waals surface area contributed by atoms with E-state index in [1.165, 1.54) is 282 Å². The lowest BCUT2D eigenvalue weighted by molar-refractivity contribution is -0.107. The van der Waals surface area contributed by atoms with Gasteiger partial charge in [-0.25, -0.2) is 0 Å². The van der Waals surface area contributed by atoms with E-state index in [-0.39, 0.29) is 6.10 Å². The molecule has 0 saturated carbocycles. The summed E-state index contributed by atoms with van der Waals surface area (Å²) in [5.74, 6) is 4.99. The van der Waals surface area contributed by atoms with E-state index in [0.717, 1.165) is 74.2 Å². The van der Waals surface area contributed by atoms with E-state index in [0.29, 0.717) is 0 Å². The fraction of sp³-hybridized carbons (Fsp3) is 0.944. The molecule has 0 amide bonds. The number of hydrogen-bond acceptors (Lipinski definition) is 2. The molecule has 0 aromatic rings. The van der Waals surface area contributed by atoms with E-state index in [9.17, 15) is 5.11 Å². The number of ether oxygens (including phenoxy) is 1. The zero-order valence-electron chi connectivity index (χ0n) is 53.3. The van der Waals surface area contributed by atoms with Crippen LogP contribution in [-0.2, 0) is 4.74 Å². The van der Waals surface area contributed by atoms with Crippen molar-refractivity contribution in [2.24, 2.45) is 35.5 Å². The quantitative estimate of drug-likeness (QED) is 0.0486. The second-order valence-electron chi connectivity index (χ2n) is 26.9. The predicted octanol–water partition coefficient (Wildman–Crippen LogP) is 25.2. The third-order valence-electron chi connectivity index (χ3n) is 17.5. The molecule has 2 nitrogen and oxygen atoms in total. The minimum Gasteiger partial charge on any atom is -0.387 e. The molecule has 0 aliphatic rings. The normalized spacial score (nSPS) is 15.4. The number of rotatable bonds is 59. The lowest BCUT2D eigenvalue weighted by Crippen LogP contribution is -2.41. The molecule has 0 aromatic carbocycles. The van der Waals surface area contributed by atoms with Gasteiger partial charge in [-0.05, 0) is 114 Å². The van der Waals surface area contributed by atoms with Gasteiger partial charge in [-0.2, -0.15) is 0 Å². The SMILES string of the molecule is CCCCCCCC/C=C/CCCCCCCCCCCCCCCCCCCCCCO[C@H](CC/C=C(\C)CCC[C@H](C)CCC[C@H](C)CCCC(C)C)[C@](C)(O)CCC[C@H](C)CCC[C@H](C)CCCC(C)C. The lowest BCUT2D eigenvalue weighted by Gasteiger charge is -2.33. The molecule has 0 spiro atoms. The first kappa shape index (κ1) is 73.4. The average molecular weight is 1040 g/mol. The smallest absolute Gasteiger partial charge is 0.0880 e. The summed E-state index contributed by atoms with van der Waals surface area (Å²) in [5.41, 5.74) is 0.763. The molecule has 0 bridgehead atoms. The summed E-state index contributed by atoms with van der Waals surface area (Å²) in [6.07, 6.45) is 72.1. The second kappa shape index (κ2) is 54.4. The van der Waals surface area contributed by atoms with E-state index in [1.807, 2.05) is 0 Å². The van der Waals surface area contributed by atoms with E-state index in [2.05, 4.69) is 94.4 Å². The Kier molecular flexibility index (Phi) is 53.9. The summed E-state index contributed by atoms with van der Waals surface area (Å²) in [5, 5.41) is 12.0. The van der Waals surface area contributed by atoms with Gasteiger partial charge in [-0.15, -0.1) is 0 Å². The maximum absolute atomic E-state index is 12.0. The molecule has 0 aliphatic carbocycles. The van der Waals surface area contributed by atoms with Crippen LogP contribution in [0.25, 0.3) is 0 Å². The van der Waals surface area contributed by atoms with Crippen LogP contribution < -0.4 is 0 Å². The van der Waals surface area contributed by atoms with Crippen molar-refractivity contribution in [1.82, 2.24) is 0 Å². The van der Waals surface area contributed by atoms with Gasteiger partial charge in [0.05, 0.1) is 11.7 Å². The molecule has 0 aliphatic heterocycles. The van der Waals surface area contributed by atoms with E-state index < -0.39 is 5.60 Å². The highest BCUT2D eigenvalue weighted by Crippen LogP contribution is 2.29. The monoisotopic (exact) mass is 1040 g/mol. The molecule has 2 heteroatoms. The molecule has 1 N–H and O–H groups in total. The summed E-state index contributed by atoms with van der Waals surface area (Å²) in [7, 11) is 0. The maximum atomic E-state index is 12.0. The first-order chi connectivity index (χ1) is 35.8. The fourth-order valence-electron chi connectivity index (χ4n) is 11.9. The molecule has 0 unspecified atom stereocenters. The summed E-state index contributed by atoms with van der Waals surface area (Å²) < 4.78 is 6.67. The van der Waals surface area contributed by atoms with Crippen molar-refractivity contribution in [3.05, 3.63) is 23.8 Å². The van der Waals surface area contributed by atoms with Crippen molar-refractivity contribution in [1.29, 1.82) is 0 Å². The number of unbranched alkanes of at least 4 members (excludes halogenated alkanes) is 26. The first-order valence-electron chi connectivity index (χ1n) is 34.4. The van der Waals surface area contributed by atoms with E-state index >= 15 is 0 Å². The van der Waals surface area contributed by atoms with Crippen LogP contribution >= 0.6 is 0 Å². The molecule has 0 fully saturated rings. The van der Waals surface area contributed by atoms with Crippen LogP contribution in [0.3, 0.4) is 0 Å². The summed E-state index contributed by atoms with van der Waals surface area (Å²) in [6.45, 7) is 26.8. The van der Waals surface area contributed by atoms with Crippen molar-refractivity contribution in [3.8, 4) is 0 Å². The number of hydrogen-bond donors (Lipinski definition) is 1. The molecule has 442 valence electrons. The standard InChI is InChI=1S/C72H142O2/c1-12-13-14-15-16-17-18-19-20-21-22-23-24-25-26-27-28-29-30-31-32-33-34-35-36-37-38-39-40-41-63-74-71(72(11,73)62-48-60-70(10)58-46-54-67(7)52-43-50-65(4)5)61-47-59-69(9)57-45-56-68(8)55-44-53-66(6)51-42-49-64(2)3/h19-20,59,64-68,70-71,73H,12-18,21-58,60-63H2,1-11H3/b20-19+,69-59+/t66-,67-,68-,70-,71-,72-/m1/s1. The van der Waals surface area contributed by atoms with Crippen molar-refractivity contribution in [2.45, 2.75) is 396 Å². The largest absolute Gasteiger partial charge is 0.387 e. The topological polar surface area (TPSA) is 29.5 Å². The lowest BCUT2D eigenvalue weighted by atomic mass is 9.86. The fourth-order valence-corrected chi connectivity index (χ4v) is 11.9. The Balaban J connectivity index is 4.35.